The fraction of sp³-hybridized carbons (Fsp3) is 0.467. The Morgan fingerprint density at radius 3 is 2.81 bits per heavy atom. The Bertz CT molecular complexity index is 601. The van der Waals surface area contributed by atoms with Crippen LogP contribution in [-0.4, -0.2) is 27.9 Å². The van der Waals surface area contributed by atoms with E-state index in [-0.39, 0.29) is 11.9 Å². The Hall–Kier alpha value is -1.53. The van der Waals surface area contributed by atoms with E-state index in [0.29, 0.717) is 6.42 Å². The third-order valence-electron chi connectivity index (χ3n) is 3.89. The summed E-state index contributed by atoms with van der Waals surface area (Å²) in [6.07, 6.45) is 2.19. The van der Waals surface area contributed by atoms with Gasteiger partial charge in [0.2, 0.25) is 5.13 Å². The number of hydrogen-bond donors (Lipinski definition) is 1. The number of anilines is 1. The van der Waals surface area contributed by atoms with Gasteiger partial charge in [-0.2, -0.15) is 0 Å². The van der Waals surface area contributed by atoms with E-state index in [0.717, 1.165) is 35.1 Å². The second kappa shape index (κ2) is 6.07. The zero-order valence-electron chi connectivity index (χ0n) is 11.9. The molecule has 6 heteroatoms. The fourth-order valence-corrected chi connectivity index (χ4v) is 3.60. The Kier molecular flexibility index (Phi) is 4.17. The highest BCUT2D eigenvalue weighted by Crippen LogP contribution is 2.32. The number of rotatable bonds is 4. The molecule has 0 amide bonds. The maximum atomic E-state index is 12.9. The number of aromatic nitrogens is 2. The minimum atomic E-state index is -0.579. The number of aliphatic hydroxyl groups is 1. The SMILES string of the molecule is Cc1nnc(N2CCCC2CC(O)c2ccc(F)cc2)s1. The minimum Gasteiger partial charge on any atom is -0.388 e. The van der Waals surface area contributed by atoms with Gasteiger partial charge in [0.1, 0.15) is 10.8 Å². The van der Waals surface area contributed by atoms with Crippen molar-refractivity contribution in [3.8, 4) is 0 Å². The summed E-state index contributed by atoms with van der Waals surface area (Å²) in [4.78, 5) is 2.23. The van der Waals surface area contributed by atoms with E-state index in [9.17, 15) is 9.50 Å². The first kappa shape index (κ1) is 14.4. The van der Waals surface area contributed by atoms with Crippen LogP contribution in [0.4, 0.5) is 9.52 Å². The van der Waals surface area contributed by atoms with Crippen LogP contribution in [0.2, 0.25) is 0 Å². The summed E-state index contributed by atoms with van der Waals surface area (Å²) in [6.45, 7) is 2.90. The monoisotopic (exact) mass is 307 g/mol. The van der Waals surface area contributed by atoms with Gasteiger partial charge in [-0.1, -0.05) is 23.5 Å². The predicted molar refractivity (Wildman–Crippen MR) is 81.0 cm³/mol. The molecule has 1 aromatic heterocycles. The lowest BCUT2D eigenvalue weighted by atomic mass is 10.0. The third kappa shape index (κ3) is 3.22. The molecule has 1 aliphatic rings. The summed E-state index contributed by atoms with van der Waals surface area (Å²) in [6, 6.07) is 6.33. The molecule has 2 aromatic rings. The Balaban J connectivity index is 1.69. The maximum absolute atomic E-state index is 12.9. The summed E-state index contributed by atoms with van der Waals surface area (Å²) in [5.41, 5.74) is 0.761. The molecule has 1 saturated heterocycles. The molecule has 4 nitrogen and oxygen atoms in total. The molecule has 0 saturated carbocycles. The van der Waals surface area contributed by atoms with Crippen molar-refractivity contribution in [3.63, 3.8) is 0 Å². The first-order chi connectivity index (χ1) is 10.1. The molecule has 0 spiro atoms. The number of hydrogen-bond acceptors (Lipinski definition) is 5. The van der Waals surface area contributed by atoms with Crippen LogP contribution in [0.15, 0.2) is 24.3 Å². The maximum Gasteiger partial charge on any atom is 0.208 e. The summed E-state index contributed by atoms with van der Waals surface area (Å²) in [5.74, 6) is -0.280. The van der Waals surface area contributed by atoms with E-state index < -0.39 is 6.10 Å². The van der Waals surface area contributed by atoms with Crippen LogP contribution < -0.4 is 4.90 Å². The van der Waals surface area contributed by atoms with Crippen LogP contribution in [0.25, 0.3) is 0 Å². The van der Waals surface area contributed by atoms with Crippen LogP contribution >= 0.6 is 11.3 Å². The smallest absolute Gasteiger partial charge is 0.208 e. The normalized spacial score (nSPS) is 20.0. The Labute approximate surface area is 127 Å². The molecule has 2 unspecified atom stereocenters. The number of aliphatic hydroxyl groups excluding tert-OH is 1. The van der Waals surface area contributed by atoms with Crippen molar-refractivity contribution in [2.24, 2.45) is 0 Å². The molecule has 0 radical (unpaired) electrons. The molecule has 2 heterocycles. The largest absolute Gasteiger partial charge is 0.388 e. The average molecular weight is 307 g/mol. The van der Waals surface area contributed by atoms with Gasteiger partial charge >= 0.3 is 0 Å². The van der Waals surface area contributed by atoms with E-state index in [2.05, 4.69) is 15.1 Å². The highest BCUT2D eigenvalue weighted by atomic mass is 32.1. The van der Waals surface area contributed by atoms with Crippen molar-refractivity contribution < 1.29 is 9.50 Å². The minimum absolute atomic E-state index is 0.261. The molecule has 0 aliphatic carbocycles. The van der Waals surface area contributed by atoms with E-state index in [1.165, 1.54) is 12.1 Å². The van der Waals surface area contributed by atoms with Gasteiger partial charge < -0.3 is 10.0 Å². The molecule has 1 N–H and O–H groups in total. The second-order valence-electron chi connectivity index (χ2n) is 5.40. The van der Waals surface area contributed by atoms with Gasteiger partial charge in [-0.05, 0) is 43.9 Å². The lowest BCUT2D eigenvalue weighted by Gasteiger charge is -2.25. The molecule has 0 bridgehead atoms. The fourth-order valence-electron chi connectivity index (χ4n) is 2.81. The van der Waals surface area contributed by atoms with Crippen molar-refractivity contribution in [1.29, 1.82) is 0 Å². The van der Waals surface area contributed by atoms with Gasteiger partial charge in [0, 0.05) is 12.6 Å². The first-order valence-electron chi connectivity index (χ1n) is 7.14. The van der Waals surface area contributed by atoms with Crippen LogP contribution in [0.5, 0.6) is 0 Å². The van der Waals surface area contributed by atoms with Gasteiger partial charge in [0.05, 0.1) is 6.10 Å². The molecular formula is C15H18FN3OS. The summed E-state index contributed by atoms with van der Waals surface area (Å²) in [7, 11) is 0. The zero-order chi connectivity index (χ0) is 14.8. The molecule has 2 atom stereocenters. The molecule has 112 valence electrons. The number of aryl methyl sites for hydroxylation is 1. The van der Waals surface area contributed by atoms with Gasteiger partial charge in [-0.3, -0.25) is 0 Å². The van der Waals surface area contributed by atoms with Gasteiger partial charge in [0.25, 0.3) is 0 Å². The quantitative estimate of drug-likeness (QED) is 0.943. The van der Waals surface area contributed by atoms with Crippen LogP contribution in [0.1, 0.15) is 35.9 Å². The van der Waals surface area contributed by atoms with Gasteiger partial charge in [-0.25, -0.2) is 4.39 Å². The number of nitrogens with zero attached hydrogens (tertiary/aromatic N) is 3. The molecule has 1 fully saturated rings. The Morgan fingerprint density at radius 2 is 2.14 bits per heavy atom. The summed E-state index contributed by atoms with van der Waals surface area (Å²) < 4.78 is 12.9. The van der Waals surface area contributed by atoms with Gasteiger partial charge in [0.15, 0.2) is 0 Å². The average Bonchev–Trinajstić information content (AvgIpc) is 3.08. The zero-order valence-corrected chi connectivity index (χ0v) is 12.7. The Morgan fingerprint density at radius 1 is 1.38 bits per heavy atom. The van der Waals surface area contributed by atoms with Crippen LogP contribution in [-0.2, 0) is 0 Å². The molecule has 1 aliphatic heterocycles. The lowest BCUT2D eigenvalue weighted by Crippen LogP contribution is -2.30. The molecule has 21 heavy (non-hydrogen) atoms. The van der Waals surface area contributed by atoms with Crippen molar-refractivity contribution in [3.05, 3.63) is 40.7 Å². The van der Waals surface area contributed by atoms with E-state index in [1.54, 1.807) is 23.5 Å². The molecular weight excluding hydrogens is 289 g/mol. The lowest BCUT2D eigenvalue weighted by molar-refractivity contribution is 0.158. The van der Waals surface area contributed by atoms with Crippen molar-refractivity contribution >= 4 is 16.5 Å². The van der Waals surface area contributed by atoms with E-state index >= 15 is 0 Å². The number of halogens is 1. The highest BCUT2D eigenvalue weighted by molar-refractivity contribution is 7.15. The van der Waals surface area contributed by atoms with Crippen molar-refractivity contribution in [2.75, 3.05) is 11.4 Å². The van der Waals surface area contributed by atoms with Crippen LogP contribution in [0, 0.1) is 12.7 Å². The molecule has 1 aromatic carbocycles. The standard InChI is InChI=1S/C15H18FN3OS/c1-10-17-18-15(21-10)19-8-2-3-13(19)9-14(20)11-4-6-12(16)7-5-11/h4-7,13-14,20H,2-3,8-9H2,1H3. The summed E-state index contributed by atoms with van der Waals surface area (Å²) in [5, 5.41) is 20.5. The third-order valence-corrected chi connectivity index (χ3v) is 4.76. The predicted octanol–water partition coefficient (Wildman–Crippen LogP) is 3.08. The van der Waals surface area contributed by atoms with E-state index in [4.69, 9.17) is 0 Å². The number of benzene rings is 1. The van der Waals surface area contributed by atoms with Gasteiger partial charge in [-0.15, -0.1) is 10.2 Å². The topological polar surface area (TPSA) is 49.2 Å². The van der Waals surface area contributed by atoms with E-state index in [1.807, 2.05) is 6.92 Å². The first-order valence-corrected chi connectivity index (χ1v) is 7.95. The van der Waals surface area contributed by atoms with Crippen molar-refractivity contribution in [1.82, 2.24) is 10.2 Å². The van der Waals surface area contributed by atoms with Crippen LogP contribution in [0.3, 0.4) is 0 Å². The summed E-state index contributed by atoms with van der Waals surface area (Å²) >= 11 is 1.59. The molecule has 3 rings (SSSR count). The second-order valence-corrected chi connectivity index (χ2v) is 6.56. The van der Waals surface area contributed by atoms with Crippen molar-refractivity contribution in [2.45, 2.75) is 38.3 Å². The highest BCUT2D eigenvalue weighted by Gasteiger charge is 2.29.